The molecule has 0 saturated carbocycles. The smallest absolute Gasteiger partial charge is 0.360 e. The van der Waals surface area contributed by atoms with Crippen molar-refractivity contribution in [3.63, 3.8) is 0 Å². The predicted octanol–water partition coefficient (Wildman–Crippen LogP) is 2.47. The lowest BCUT2D eigenvalue weighted by Crippen LogP contribution is -2.27. The summed E-state index contributed by atoms with van der Waals surface area (Å²) in [4.78, 5) is 30.3. The van der Waals surface area contributed by atoms with Gasteiger partial charge in [0.15, 0.2) is 11.5 Å². The Bertz CT molecular complexity index is 1500. The first-order valence-electron chi connectivity index (χ1n) is 10.5. The molecule has 0 atom stereocenters. The Morgan fingerprint density at radius 2 is 1.94 bits per heavy atom. The number of oxime groups is 1. The van der Waals surface area contributed by atoms with Gasteiger partial charge in [0.1, 0.15) is 18.6 Å². The maximum Gasteiger partial charge on any atom is 0.360 e. The van der Waals surface area contributed by atoms with Gasteiger partial charge in [-0.15, -0.1) is 0 Å². The number of methoxy groups -OCH3 is 1. The Balaban J connectivity index is 2.09. The summed E-state index contributed by atoms with van der Waals surface area (Å²) in [5.41, 5.74) is -0.348. The van der Waals surface area contributed by atoms with Crippen LogP contribution >= 0.6 is 11.6 Å². The normalized spacial score (nSPS) is 11.9. The van der Waals surface area contributed by atoms with Crippen LogP contribution in [0.1, 0.15) is 23.9 Å². The van der Waals surface area contributed by atoms with Crippen LogP contribution in [0.3, 0.4) is 0 Å². The highest BCUT2D eigenvalue weighted by atomic mass is 35.5. The molecule has 36 heavy (non-hydrogen) atoms. The van der Waals surface area contributed by atoms with Gasteiger partial charge in [-0.05, 0) is 31.5 Å². The van der Waals surface area contributed by atoms with E-state index >= 15 is 0 Å². The van der Waals surface area contributed by atoms with Crippen LogP contribution in [0.15, 0.2) is 46.3 Å². The minimum Gasteiger partial charge on any atom is -0.464 e. The third-order valence-electron chi connectivity index (χ3n) is 5.12. The molecule has 192 valence electrons. The summed E-state index contributed by atoms with van der Waals surface area (Å²) in [6, 6.07) is 8.65. The van der Waals surface area contributed by atoms with Gasteiger partial charge in [-0.2, -0.15) is 9.78 Å². The molecule has 0 aliphatic heterocycles. The molecule has 0 fully saturated rings. The first-order valence-corrected chi connectivity index (χ1v) is 12.5. The Morgan fingerprint density at radius 3 is 2.58 bits per heavy atom. The first kappa shape index (κ1) is 26.9. The molecule has 0 bridgehead atoms. The summed E-state index contributed by atoms with van der Waals surface area (Å²) in [5.74, 6) is -1.63. The number of nitrogens with zero attached hydrogens (tertiary/aromatic N) is 4. The minimum atomic E-state index is -3.72. The van der Waals surface area contributed by atoms with Gasteiger partial charge in [-0.1, -0.05) is 41.0 Å². The largest absolute Gasteiger partial charge is 0.464 e. The first-order chi connectivity index (χ1) is 17.0. The van der Waals surface area contributed by atoms with Crippen molar-refractivity contribution in [1.29, 1.82) is 0 Å². The molecule has 3 aromatic rings. The van der Waals surface area contributed by atoms with Crippen molar-refractivity contribution in [2.75, 3.05) is 24.7 Å². The van der Waals surface area contributed by atoms with Crippen molar-refractivity contribution in [2.45, 2.75) is 20.4 Å². The molecule has 0 amide bonds. The van der Waals surface area contributed by atoms with Crippen molar-refractivity contribution in [3.8, 4) is 5.69 Å². The number of anilines is 1. The number of ether oxygens (including phenoxy) is 1. The van der Waals surface area contributed by atoms with Gasteiger partial charge in [0.05, 0.1) is 30.1 Å². The van der Waals surface area contributed by atoms with Crippen LogP contribution in [-0.4, -0.2) is 54.4 Å². The summed E-state index contributed by atoms with van der Waals surface area (Å²) in [6.45, 7) is 2.92. The Morgan fingerprint density at radius 1 is 1.25 bits per heavy atom. The van der Waals surface area contributed by atoms with Crippen LogP contribution in [0.2, 0.25) is 5.02 Å². The van der Waals surface area contributed by atoms with Gasteiger partial charge < -0.3 is 9.57 Å². The number of hydrogen-bond donors (Lipinski definition) is 1. The highest BCUT2D eigenvalue weighted by Gasteiger charge is 2.22. The van der Waals surface area contributed by atoms with E-state index in [4.69, 9.17) is 21.2 Å². The highest BCUT2D eigenvalue weighted by Crippen LogP contribution is 2.28. The Labute approximate surface area is 211 Å². The van der Waals surface area contributed by atoms with Gasteiger partial charge >= 0.3 is 11.7 Å². The number of aromatic nitrogens is 3. The number of hydrogen-bond acceptors (Lipinski definition) is 8. The fourth-order valence-corrected chi connectivity index (χ4v) is 4.20. The van der Waals surface area contributed by atoms with Gasteiger partial charge in [-0.3, -0.25) is 9.29 Å². The molecule has 11 nitrogen and oxygen atoms in total. The number of esters is 1. The molecule has 3 rings (SSSR count). The summed E-state index contributed by atoms with van der Waals surface area (Å²) in [5, 5.41) is 7.71. The number of carbonyl (C=O) groups is 1. The lowest BCUT2D eigenvalue weighted by Gasteiger charge is -2.11. The number of aryl methyl sites for hydroxylation is 1. The number of benzene rings is 2. The monoisotopic (exact) mass is 539 g/mol. The SMILES string of the molecule is CCS(=O)(=O)Nc1cc(-n2nc(C)n(Cc3ccccc3/C(=N\OC)C(=O)OC)c2=O)c(F)cc1Cl. The minimum absolute atomic E-state index is 0.0505. The molecule has 1 N–H and O–H groups in total. The third-order valence-corrected chi connectivity index (χ3v) is 6.72. The van der Waals surface area contributed by atoms with Crippen molar-refractivity contribution in [3.05, 3.63) is 74.7 Å². The number of halogens is 2. The number of nitrogens with one attached hydrogen (secondary N) is 1. The van der Waals surface area contributed by atoms with Crippen LogP contribution in [0.5, 0.6) is 0 Å². The number of rotatable bonds is 9. The topological polar surface area (TPSA) is 134 Å². The fourth-order valence-electron chi connectivity index (χ4n) is 3.29. The second-order valence-corrected chi connectivity index (χ2v) is 9.81. The predicted molar refractivity (Wildman–Crippen MR) is 132 cm³/mol. The summed E-state index contributed by atoms with van der Waals surface area (Å²) < 4.78 is 47.9. The van der Waals surface area contributed by atoms with E-state index in [1.165, 1.54) is 25.7 Å². The van der Waals surface area contributed by atoms with E-state index < -0.39 is 27.5 Å². The molecule has 0 unspecified atom stereocenters. The van der Waals surface area contributed by atoms with Crippen molar-refractivity contribution < 1.29 is 27.2 Å². The Hall–Kier alpha value is -3.71. The summed E-state index contributed by atoms with van der Waals surface area (Å²) in [7, 11) is -1.24. The third kappa shape index (κ3) is 5.57. The maximum absolute atomic E-state index is 14.8. The molecule has 1 aromatic heterocycles. The van der Waals surface area contributed by atoms with Gasteiger partial charge in [0.2, 0.25) is 10.0 Å². The van der Waals surface area contributed by atoms with Crippen molar-refractivity contribution in [2.24, 2.45) is 5.16 Å². The van der Waals surface area contributed by atoms with Crippen LogP contribution in [0.25, 0.3) is 5.69 Å². The van der Waals surface area contributed by atoms with Crippen molar-refractivity contribution >= 4 is 39.0 Å². The lowest BCUT2D eigenvalue weighted by molar-refractivity contribution is -0.132. The number of carbonyl (C=O) groups excluding carboxylic acids is 1. The molecule has 0 saturated heterocycles. The number of sulfonamides is 1. The van der Waals surface area contributed by atoms with E-state index in [2.05, 4.69) is 15.0 Å². The lowest BCUT2D eigenvalue weighted by atomic mass is 10.0. The van der Waals surface area contributed by atoms with E-state index in [9.17, 15) is 22.4 Å². The van der Waals surface area contributed by atoms with Crippen LogP contribution < -0.4 is 10.4 Å². The van der Waals surface area contributed by atoms with E-state index in [-0.39, 0.29) is 40.2 Å². The molecule has 14 heteroatoms. The molecule has 1 heterocycles. The summed E-state index contributed by atoms with van der Waals surface area (Å²) in [6.07, 6.45) is 0. The quantitative estimate of drug-likeness (QED) is 0.251. The van der Waals surface area contributed by atoms with Gasteiger partial charge in [-0.25, -0.2) is 22.4 Å². The average molecular weight is 540 g/mol. The van der Waals surface area contributed by atoms with E-state index in [0.717, 1.165) is 16.8 Å². The van der Waals surface area contributed by atoms with Crippen molar-refractivity contribution in [1.82, 2.24) is 14.3 Å². The van der Waals surface area contributed by atoms with E-state index in [1.807, 2.05) is 0 Å². The second-order valence-electron chi connectivity index (χ2n) is 7.39. The molecule has 0 aliphatic rings. The summed E-state index contributed by atoms with van der Waals surface area (Å²) >= 11 is 6.01. The maximum atomic E-state index is 14.8. The zero-order valence-corrected chi connectivity index (χ0v) is 21.4. The highest BCUT2D eigenvalue weighted by molar-refractivity contribution is 7.92. The fraction of sp³-hybridized carbons (Fsp3) is 0.273. The van der Waals surface area contributed by atoms with Gasteiger partial charge in [0.25, 0.3) is 0 Å². The molecule has 0 spiro atoms. The Kier molecular flexibility index (Phi) is 8.15. The average Bonchev–Trinajstić information content (AvgIpc) is 3.12. The zero-order valence-electron chi connectivity index (χ0n) is 19.8. The molecular formula is C22H23ClFN5O6S. The van der Waals surface area contributed by atoms with Crippen LogP contribution in [-0.2, 0) is 30.9 Å². The zero-order chi connectivity index (χ0) is 26.6. The molecule has 2 aromatic carbocycles. The molecular weight excluding hydrogens is 517 g/mol. The second kappa shape index (κ2) is 10.9. The van der Waals surface area contributed by atoms with Crippen LogP contribution in [0, 0.1) is 12.7 Å². The van der Waals surface area contributed by atoms with Crippen LogP contribution in [0.4, 0.5) is 10.1 Å². The van der Waals surface area contributed by atoms with E-state index in [1.54, 1.807) is 31.2 Å². The molecule has 0 aliphatic carbocycles. The van der Waals surface area contributed by atoms with Gasteiger partial charge in [0, 0.05) is 5.56 Å². The molecule has 0 radical (unpaired) electrons. The standard InChI is InChI=1S/C22H23ClFN5O6S/c1-5-36(32,33)27-18-11-19(17(24)10-16(18)23)29-22(31)28(13(2)25-29)12-14-8-6-7-9-15(14)20(26-35-4)21(30)34-3/h6-11,27H,5,12H2,1-4H3/b26-20+. The van der Waals surface area contributed by atoms with E-state index in [0.29, 0.717) is 11.1 Å².